The molecule has 2 aromatic carbocycles. The zero-order valence-electron chi connectivity index (χ0n) is 21.4. The second-order valence-electron chi connectivity index (χ2n) is 8.98. The highest BCUT2D eigenvalue weighted by molar-refractivity contribution is 6.31. The molecule has 0 aliphatic rings. The average Bonchev–Trinajstić information content (AvgIpc) is 3.72. The van der Waals surface area contributed by atoms with Crippen LogP contribution in [0.3, 0.4) is 0 Å². The maximum absolute atomic E-state index is 12.6. The zero-order chi connectivity index (χ0) is 28.8. The molecule has 3 N–H and O–H groups in total. The van der Waals surface area contributed by atoms with Gasteiger partial charge < -0.3 is 15.4 Å². The summed E-state index contributed by atoms with van der Waals surface area (Å²) < 4.78 is 15.9. The van der Waals surface area contributed by atoms with Gasteiger partial charge in [-0.1, -0.05) is 54.1 Å². The van der Waals surface area contributed by atoms with E-state index in [0.29, 0.717) is 35.0 Å². The van der Waals surface area contributed by atoms with E-state index in [0.717, 1.165) is 16.5 Å². The number of aromatic nitrogens is 6. The van der Waals surface area contributed by atoms with Crippen molar-refractivity contribution in [2.24, 2.45) is 0 Å². The van der Waals surface area contributed by atoms with E-state index in [1.54, 1.807) is 47.7 Å². The van der Waals surface area contributed by atoms with Gasteiger partial charge in [-0.3, -0.25) is 14.2 Å². The Bertz CT molecular complexity index is 1800. The lowest BCUT2D eigenvalue weighted by molar-refractivity contribution is 0.0696. The molecule has 0 saturated carbocycles. The van der Waals surface area contributed by atoms with E-state index in [1.807, 2.05) is 30.3 Å². The maximum Gasteiger partial charge on any atom is 0.338 e. The molecule has 206 valence electrons. The summed E-state index contributed by atoms with van der Waals surface area (Å²) in [4.78, 5) is 30.3. The van der Waals surface area contributed by atoms with Gasteiger partial charge in [-0.25, -0.2) is 14.2 Å². The van der Waals surface area contributed by atoms with Gasteiger partial charge in [0.2, 0.25) is 0 Å². The van der Waals surface area contributed by atoms with Gasteiger partial charge in [0, 0.05) is 30.2 Å². The van der Waals surface area contributed by atoms with Crippen LogP contribution in [0.15, 0.2) is 97.8 Å². The van der Waals surface area contributed by atoms with Crippen molar-refractivity contribution < 1.29 is 19.1 Å². The Morgan fingerprint density at radius 1 is 0.902 bits per heavy atom. The summed E-state index contributed by atoms with van der Waals surface area (Å²) in [6.45, 7) is 1.04. The molecule has 0 bridgehead atoms. The molecule has 1 amide bonds. The van der Waals surface area contributed by atoms with Gasteiger partial charge in [-0.15, -0.1) is 0 Å². The Morgan fingerprint density at radius 3 is 2.20 bits per heavy atom. The first-order valence-corrected chi connectivity index (χ1v) is 12.7. The summed E-state index contributed by atoms with van der Waals surface area (Å²) in [6, 6.07) is 17.7. The number of amides is 1. The number of rotatable bonds is 7. The first-order valence-electron chi connectivity index (χ1n) is 12.3. The van der Waals surface area contributed by atoms with Gasteiger partial charge in [0.1, 0.15) is 11.5 Å². The van der Waals surface area contributed by atoms with Crippen LogP contribution >= 0.6 is 11.6 Å². The fraction of sp³-hybridized carbons (Fsp3) is 0.0690. The van der Waals surface area contributed by atoms with Crippen molar-refractivity contribution in [2.75, 3.05) is 5.32 Å². The van der Waals surface area contributed by atoms with Gasteiger partial charge in [0.05, 0.1) is 47.3 Å². The molecule has 0 atom stereocenters. The zero-order valence-corrected chi connectivity index (χ0v) is 22.2. The first kappa shape index (κ1) is 27.3. The third-order valence-corrected chi connectivity index (χ3v) is 6.17. The lowest BCUT2D eigenvalue weighted by atomic mass is 10.2. The minimum absolute atomic E-state index is 0.141. The van der Waals surface area contributed by atoms with Crippen molar-refractivity contribution in [1.82, 2.24) is 29.5 Å². The lowest BCUT2D eigenvalue weighted by Gasteiger charge is -2.02. The number of aromatic carboxylic acids is 1. The van der Waals surface area contributed by atoms with Crippen LogP contribution in [0.2, 0.25) is 5.02 Å². The number of anilines is 1. The van der Waals surface area contributed by atoms with Crippen molar-refractivity contribution in [3.63, 3.8) is 0 Å². The fourth-order valence-electron chi connectivity index (χ4n) is 3.95. The van der Waals surface area contributed by atoms with Gasteiger partial charge in [-0.05, 0) is 29.3 Å². The molecule has 0 spiro atoms. The molecule has 41 heavy (non-hydrogen) atoms. The van der Waals surface area contributed by atoms with Gasteiger partial charge in [0.15, 0.2) is 0 Å². The molecule has 4 aromatic heterocycles. The molecule has 0 radical (unpaired) electrons. The number of fused-ring (bicyclic) bond motifs is 1. The SMILES string of the molecule is O=C(Nc1c[nH]c2ncc(Cl)cc12)c1cnn(Cc2ccccc2)c1.O=C(O)c1cnn(Cc2ccc(F)cc2)c1. The molecule has 6 rings (SSSR count). The van der Waals surface area contributed by atoms with Crippen LogP contribution in [0.1, 0.15) is 31.8 Å². The quantitative estimate of drug-likeness (QED) is 0.232. The van der Waals surface area contributed by atoms with Crippen LogP contribution in [0.5, 0.6) is 0 Å². The molecule has 10 nitrogen and oxygen atoms in total. The first-order chi connectivity index (χ1) is 19.8. The van der Waals surface area contributed by atoms with Gasteiger partial charge >= 0.3 is 5.97 Å². The number of carbonyl (C=O) groups excluding carboxylic acids is 1. The molecule has 0 unspecified atom stereocenters. The van der Waals surface area contributed by atoms with Gasteiger partial charge in [0.25, 0.3) is 5.91 Å². The van der Waals surface area contributed by atoms with E-state index in [1.165, 1.54) is 29.2 Å². The second kappa shape index (κ2) is 12.3. The molecule has 12 heteroatoms. The van der Waals surface area contributed by atoms with Crippen LogP contribution in [-0.2, 0) is 13.1 Å². The summed E-state index contributed by atoms with van der Waals surface area (Å²) in [7, 11) is 0. The number of benzene rings is 2. The molecule has 4 heterocycles. The van der Waals surface area contributed by atoms with Crippen molar-refractivity contribution in [1.29, 1.82) is 0 Å². The predicted octanol–water partition coefficient (Wildman–Crippen LogP) is 5.48. The van der Waals surface area contributed by atoms with Crippen molar-refractivity contribution in [3.05, 3.63) is 131 Å². The van der Waals surface area contributed by atoms with E-state index in [2.05, 4.69) is 25.5 Å². The summed E-state index contributed by atoms with van der Waals surface area (Å²) in [5, 5.41) is 21.0. The largest absolute Gasteiger partial charge is 0.478 e. The number of carbonyl (C=O) groups is 2. The van der Waals surface area contributed by atoms with Crippen molar-refractivity contribution in [2.45, 2.75) is 13.1 Å². The molecule has 0 fully saturated rings. The van der Waals surface area contributed by atoms with Crippen LogP contribution in [-0.4, -0.2) is 46.5 Å². The smallest absolute Gasteiger partial charge is 0.338 e. The fourth-order valence-corrected chi connectivity index (χ4v) is 4.11. The third kappa shape index (κ3) is 7.02. The number of hydrogen-bond acceptors (Lipinski definition) is 5. The number of halogens is 2. The highest BCUT2D eigenvalue weighted by Crippen LogP contribution is 2.24. The van der Waals surface area contributed by atoms with E-state index < -0.39 is 5.97 Å². The molecular formula is C29H23ClFN7O3. The van der Waals surface area contributed by atoms with Crippen LogP contribution in [0, 0.1) is 5.82 Å². The number of nitrogens with one attached hydrogen (secondary N) is 2. The third-order valence-electron chi connectivity index (χ3n) is 5.97. The number of H-pyrrole nitrogens is 1. The van der Waals surface area contributed by atoms with Crippen LogP contribution in [0.4, 0.5) is 10.1 Å². The normalized spacial score (nSPS) is 10.7. The number of carboxylic acid groups (broad SMARTS) is 1. The Morgan fingerprint density at radius 2 is 1.54 bits per heavy atom. The number of pyridine rings is 1. The summed E-state index contributed by atoms with van der Waals surface area (Å²) in [6.07, 6.45) is 9.25. The van der Waals surface area contributed by atoms with E-state index >= 15 is 0 Å². The average molecular weight is 572 g/mol. The Balaban J connectivity index is 0.000000182. The maximum atomic E-state index is 12.6. The summed E-state index contributed by atoms with van der Waals surface area (Å²) in [5.74, 6) is -1.54. The Labute approximate surface area is 238 Å². The Kier molecular flexibility index (Phi) is 8.16. The lowest BCUT2D eigenvalue weighted by Crippen LogP contribution is -2.10. The van der Waals surface area contributed by atoms with E-state index in [-0.39, 0.29) is 17.3 Å². The van der Waals surface area contributed by atoms with E-state index in [4.69, 9.17) is 16.7 Å². The van der Waals surface area contributed by atoms with Crippen LogP contribution in [0.25, 0.3) is 11.0 Å². The standard InChI is InChI=1S/C18H14ClN5O.C11H9FN2O2/c19-14-6-15-16(9-21-17(15)20-8-14)23-18(25)13-7-22-24(11-13)10-12-4-2-1-3-5-12;12-10-3-1-8(2-4-10)6-14-7-9(5-13-14)11(15)16/h1-9,11H,10H2,(H,20,21)(H,23,25);1-5,7H,6H2,(H,15,16). The molecule has 0 aliphatic heterocycles. The number of nitrogens with zero attached hydrogens (tertiary/aromatic N) is 5. The van der Waals surface area contributed by atoms with Gasteiger partial charge in [-0.2, -0.15) is 10.2 Å². The second-order valence-corrected chi connectivity index (χ2v) is 9.41. The minimum Gasteiger partial charge on any atom is -0.478 e. The molecular weight excluding hydrogens is 549 g/mol. The van der Waals surface area contributed by atoms with Crippen molar-refractivity contribution in [3.8, 4) is 0 Å². The predicted molar refractivity (Wildman–Crippen MR) is 152 cm³/mol. The molecule has 0 saturated heterocycles. The van der Waals surface area contributed by atoms with Crippen LogP contribution < -0.4 is 5.32 Å². The van der Waals surface area contributed by atoms with Crippen molar-refractivity contribution >= 4 is 40.2 Å². The summed E-state index contributed by atoms with van der Waals surface area (Å²) in [5.41, 5.74) is 3.91. The molecule has 6 aromatic rings. The highest BCUT2D eigenvalue weighted by atomic mass is 35.5. The summed E-state index contributed by atoms with van der Waals surface area (Å²) >= 11 is 5.98. The van der Waals surface area contributed by atoms with E-state index in [9.17, 15) is 14.0 Å². The number of carboxylic acids is 1. The number of aromatic amines is 1. The minimum atomic E-state index is -1.01. The Hall–Kier alpha value is -5.29. The molecule has 0 aliphatic carbocycles. The monoisotopic (exact) mass is 571 g/mol. The highest BCUT2D eigenvalue weighted by Gasteiger charge is 2.13. The topological polar surface area (TPSA) is 131 Å². The number of hydrogen-bond donors (Lipinski definition) is 3.